The van der Waals surface area contributed by atoms with Crippen LogP contribution in [0.1, 0.15) is 32.4 Å². The molecule has 2 aliphatic heterocycles. The van der Waals surface area contributed by atoms with Gasteiger partial charge in [-0.2, -0.15) is 0 Å². The number of nitrogens with zero attached hydrogens (tertiary/aromatic N) is 1. The summed E-state index contributed by atoms with van der Waals surface area (Å²) in [5.74, 6) is 1.46. The van der Waals surface area contributed by atoms with E-state index in [0.29, 0.717) is 5.90 Å². The molecule has 0 fully saturated rings. The van der Waals surface area contributed by atoms with Gasteiger partial charge in [0.05, 0.1) is 6.61 Å². The standard InChI is InChI=1S/C12H13NO3.C2H6/c1-7-13-11-8-4-2-3-5-9(8)16-10(6-14)12(11)15-7;1-2/h2-5,10-12,14H,6H2,1H3;1-2H3. The van der Waals surface area contributed by atoms with Gasteiger partial charge in [-0.15, -0.1) is 0 Å². The minimum Gasteiger partial charge on any atom is -0.484 e. The third-order valence-corrected chi connectivity index (χ3v) is 3.00. The quantitative estimate of drug-likeness (QED) is 0.831. The lowest BCUT2D eigenvalue weighted by Crippen LogP contribution is -2.42. The van der Waals surface area contributed by atoms with Crippen molar-refractivity contribution < 1.29 is 14.6 Å². The molecule has 1 aromatic carbocycles. The van der Waals surface area contributed by atoms with Crippen LogP contribution >= 0.6 is 0 Å². The largest absolute Gasteiger partial charge is 0.484 e. The molecule has 4 nitrogen and oxygen atoms in total. The minimum absolute atomic E-state index is 0.0397. The number of benzene rings is 1. The first-order valence-electron chi connectivity index (χ1n) is 6.37. The molecule has 18 heavy (non-hydrogen) atoms. The van der Waals surface area contributed by atoms with E-state index < -0.39 is 0 Å². The van der Waals surface area contributed by atoms with E-state index in [4.69, 9.17) is 9.47 Å². The Labute approximate surface area is 107 Å². The molecule has 4 heteroatoms. The van der Waals surface area contributed by atoms with Gasteiger partial charge in [-0.25, -0.2) is 4.99 Å². The minimum atomic E-state index is -0.332. The van der Waals surface area contributed by atoms with Crippen molar-refractivity contribution >= 4 is 5.90 Å². The van der Waals surface area contributed by atoms with E-state index in [1.165, 1.54) is 0 Å². The van der Waals surface area contributed by atoms with Crippen LogP contribution < -0.4 is 4.74 Å². The van der Waals surface area contributed by atoms with E-state index in [-0.39, 0.29) is 24.9 Å². The molecule has 0 saturated carbocycles. The van der Waals surface area contributed by atoms with Crippen molar-refractivity contribution in [2.45, 2.75) is 39.0 Å². The Morgan fingerprint density at radius 2 is 1.94 bits per heavy atom. The predicted octanol–water partition coefficient (Wildman–Crippen LogP) is 2.32. The number of aliphatic imine (C=N–C) groups is 1. The fraction of sp³-hybridized carbons (Fsp3) is 0.500. The van der Waals surface area contributed by atoms with E-state index in [1.54, 1.807) is 0 Å². The van der Waals surface area contributed by atoms with Crippen molar-refractivity contribution in [3.05, 3.63) is 29.8 Å². The molecule has 0 spiro atoms. The number of rotatable bonds is 1. The summed E-state index contributed by atoms with van der Waals surface area (Å²) >= 11 is 0. The van der Waals surface area contributed by atoms with Crippen LogP contribution in [0, 0.1) is 0 Å². The second-order valence-corrected chi connectivity index (χ2v) is 4.05. The van der Waals surface area contributed by atoms with Gasteiger partial charge in [-0.3, -0.25) is 0 Å². The molecule has 0 aromatic heterocycles. The van der Waals surface area contributed by atoms with Crippen LogP contribution in [0.5, 0.6) is 5.75 Å². The zero-order valence-corrected chi connectivity index (χ0v) is 11.0. The Bertz CT molecular complexity index is 444. The molecule has 0 amide bonds. The third-order valence-electron chi connectivity index (χ3n) is 3.00. The molecule has 1 N–H and O–H groups in total. The summed E-state index contributed by atoms with van der Waals surface area (Å²) < 4.78 is 11.3. The van der Waals surface area contributed by atoms with Gasteiger partial charge >= 0.3 is 0 Å². The predicted molar refractivity (Wildman–Crippen MR) is 70.0 cm³/mol. The van der Waals surface area contributed by atoms with Crippen LogP contribution in [0.4, 0.5) is 0 Å². The van der Waals surface area contributed by atoms with E-state index in [2.05, 4.69) is 4.99 Å². The first-order chi connectivity index (χ1) is 8.79. The molecule has 0 saturated heterocycles. The van der Waals surface area contributed by atoms with Gasteiger partial charge in [-0.05, 0) is 6.07 Å². The summed E-state index contributed by atoms with van der Waals surface area (Å²) in [7, 11) is 0. The Hall–Kier alpha value is -1.55. The number of fused-ring (bicyclic) bond motifs is 3. The van der Waals surface area contributed by atoms with Gasteiger partial charge in [0.1, 0.15) is 11.8 Å². The highest BCUT2D eigenvalue weighted by Crippen LogP contribution is 2.41. The molecule has 2 aliphatic rings. The molecule has 3 unspecified atom stereocenters. The normalized spacial score (nSPS) is 27.8. The third kappa shape index (κ3) is 2.08. The first kappa shape index (κ1) is 12.9. The van der Waals surface area contributed by atoms with E-state index in [0.717, 1.165) is 11.3 Å². The highest BCUT2D eigenvalue weighted by atomic mass is 16.6. The van der Waals surface area contributed by atoms with Crippen molar-refractivity contribution in [2.75, 3.05) is 6.61 Å². The average molecular weight is 249 g/mol. The second-order valence-electron chi connectivity index (χ2n) is 4.05. The van der Waals surface area contributed by atoms with Crippen molar-refractivity contribution in [2.24, 2.45) is 4.99 Å². The topological polar surface area (TPSA) is 51.0 Å². The first-order valence-corrected chi connectivity index (χ1v) is 6.37. The Morgan fingerprint density at radius 1 is 1.22 bits per heavy atom. The van der Waals surface area contributed by atoms with Gasteiger partial charge in [-0.1, -0.05) is 32.0 Å². The second kappa shape index (κ2) is 5.40. The van der Waals surface area contributed by atoms with Crippen molar-refractivity contribution in [3.8, 4) is 5.75 Å². The van der Waals surface area contributed by atoms with Crippen LogP contribution in [0.15, 0.2) is 29.3 Å². The van der Waals surface area contributed by atoms with E-state index >= 15 is 0 Å². The molecule has 1 aromatic rings. The average Bonchev–Trinajstić information content (AvgIpc) is 2.82. The summed E-state index contributed by atoms with van der Waals surface area (Å²) in [6.45, 7) is 5.77. The van der Waals surface area contributed by atoms with Gasteiger partial charge in [0.25, 0.3) is 0 Å². The molecule has 0 radical (unpaired) electrons. The van der Waals surface area contributed by atoms with Gasteiger partial charge in [0, 0.05) is 12.5 Å². The van der Waals surface area contributed by atoms with Crippen LogP contribution in [0.2, 0.25) is 0 Å². The number of hydrogen-bond donors (Lipinski definition) is 1. The molecule has 0 aliphatic carbocycles. The van der Waals surface area contributed by atoms with E-state index in [1.807, 2.05) is 45.0 Å². The summed E-state index contributed by atoms with van der Waals surface area (Å²) in [5.41, 5.74) is 1.04. The lowest BCUT2D eigenvalue weighted by molar-refractivity contribution is -0.00459. The summed E-state index contributed by atoms with van der Waals surface area (Å²) in [6.07, 6.45) is -0.527. The number of para-hydroxylation sites is 1. The maximum atomic E-state index is 9.29. The smallest absolute Gasteiger partial charge is 0.181 e. The monoisotopic (exact) mass is 249 g/mol. The van der Waals surface area contributed by atoms with Crippen molar-refractivity contribution in [1.82, 2.24) is 0 Å². The highest BCUT2D eigenvalue weighted by molar-refractivity contribution is 5.76. The molecule has 3 atom stereocenters. The maximum absolute atomic E-state index is 9.29. The molecule has 0 bridgehead atoms. The molecule has 3 rings (SSSR count). The van der Waals surface area contributed by atoms with Crippen LogP contribution in [0.3, 0.4) is 0 Å². The number of aliphatic hydroxyl groups is 1. The van der Waals surface area contributed by atoms with Gasteiger partial charge < -0.3 is 14.6 Å². The fourth-order valence-electron chi connectivity index (χ4n) is 2.29. The number of hydrogen-bond acceptors (Lipinski definition) is 4. The molecule has 98 valence electrons. The zero-order valence-electron chi connectivity index (χ0n) is 11.0. The molecular formula is C14H19NO3. The lowest BCUT2D eigenvalue weighted by atomic mass is 9.95. The summed E-state index contributed by atoms with van der Waals surface area (Å²) in [6, 6.07) is 7.73. The van der Waals surface area contributed by atoms with Crippen LogP contribution in [-0.4, -0.2) is 29.8 Å². The Balaban J connectivity index is 0.000000574. The lowest BCUT2D eigenvalue weighted by Gasteiger charge is -2.32. The summed E-state index contributed by atoms with van der Waals surface area (Å²) in [5, 5.41) is 9.29. The van der Waals surface area contributed by atoms with E-state index in [9.17, 15) is 5.11 Å². The Kier molecular flexibility index (Phi) is 3.87. The maximum Gasteiger partial charge on any atom is 0.181 e. The number of aliphatic hydroxyl groups excluding tert-OH is 1. The summed E-state index contributed by atoms with van der Waals surface area (Å²) in [4.78, 5) is 4.45. The SMILES string of the molecule is CC.CC1=NC2c3ccccc3OC(CO)C2O1. The van der Waals surface area contributed by atoms with Crippen LogP contribution in [0.25, 0.3) is 0 Å². The van der Waals surface area contributed by atoms with Crippen molar-refractivity contribution in [1.29, 1.82) is 0 Å². The van der Waals surface area contributed by atoms with Gasteiger partial charge in [0.2, 0.25) is 0 Å². The fourth-order valence-corrected chi connectivity index (χ4v) is 2.29. The Morgan fingerprint density at radius 3 is 2.67 bits per heavy atom. The van der Waals surface area contributed by atoms with Crippen LogP contribution in [-0.2, 0) is 4.74 Å². The van der Waals surface area contributed by atoms with Gasteiger partial charge in [0.15, 0.2) is 18.1 Å². The molecular weight excluding hydrogens is 230 g/mol. The molecule has 2 heterocycles. The zero-order chi connectivity index (χ0) is 13.1. The number of ether oxygens (including phenoxy) is 2. The van der Waals surface area contributed by atoms with Crippen molar-refractivity contribution in [3.63, 3.8) is 0 Å². The highest BCUT2D eigenvalue weighted by Gasteiger charge is 2.43.